The van der Waals surface area contributed by atoms with Crippen molar-refractivity contribution in [2.45, 2.75) is 6.92 Å². The maximum Gasteiger partial charge on any atom is 0.342 e. The van der Waals surface area contributed by atoms with E-state index < -0.39 is 5.97 Å². The molecule has 0 atom stereocenters. The van der Waals surface area contributed by atoms with Crippen LogP contribution in [0.3, 0.4) is 0 Å². The first-order valence-electron chi connectivity index (χ1n) is 5.19. The molecule has 18 heavy (non-hydrogen) atoms. The summed E-state index contributed by atoms with van der Waals surface area (Å²) in [6.07, 6.45) is 0. The highest BCUT2D eigenvalue weighted by Gasteiger charge is 2.20. The first-order chi connectivity index (χ1) is 8.54. The van der Waals surface area contributed by atoms with Gasteiger partial charge in [0.05, 0.1) is 17.1 Å². The minimum absolute atomic E-state index is 0.0850. The quantitative estimate of drug-likeness (QED) is 0.676. The number of nitrogens with zero attached hydrogens (tertiary/aromatic N) is 1. The Morgan fingerprint density at radius 2 is 2.28 bits per heavy atom. The van der Waals surface area contributed by atoms with Crippen molar-refractivity contribution < 1.29 is 14.6 Å². The number of hydrogen-bond acceptors (Lipinski definition) is 4. The van der Waals surface area contributed by atoms with Gasteiger partial charge in [-0.1, -0.05) is 11.6 Å². The molecule has 1 heterocycles. The number of carbonyl (C=O) groups is 1. The molecule has 4 nitrogen and oxygen atoms in total. The van der Waals surface area contributed by atoms with Crippen molar-refractivity contribution in [2.75, 3.05) is 6.61 Å². The number of ether oxygens (including phenoxy) is 1. The summed E-state index contributed by atoms with van der Waals surface area (Å²) in [4.78, 5) is 15.9. The molecule has 0 aliphatic carbocycles. The molecule has 6 heteroatoms. The van der Waals surface area contributed by atoms with Crippen LogP contribution in [0.2, 0.25) is 5.02 Å². The first-order valence-corrected chi connectivity index (χ1v) is 6.36. The number of phenolic OH excluding ortho intramolecular Hbond substituents is 1. The molecule has 1 N–H and O–H groups in total. The van der Waals surface area contributed by atoms with Gasteiger partial charge in [-0.3, -0.25) is 0 Å². The lowest BCUT2D eigenvalue weighted by molar-refractivity contribution is 0.0525. The molecule has 0 bridgehead atoms. The van der Waals surface area contributed by atoms with E-state index in [9.17, 15) is 9.90 Å². The first kappa shape index (κ1) is 13.1. The normalized spacial score (nSPS) is 10.6. The number of fused-ring (bicyclic) bond motifs is 1. The van der Waals surface area contributed by atoms with E-state index in [1.807, 2.05) is 0 Å². The summed E-state index contributed by atoms with van der Waals surface area (Å²) in [7, 11) is 0. The van der Waals surface area contributed by atoms with Gasteiger partial charge in [-0.2, -0.15) is 0 Å². The largest absolute Gasteiger partial charge is 0.508 e. The van der Waals surface area contributed by atoms with E-state index in [0.29, 0.717) is 15.5 Å². The van der Waals surface area contributed by atoms with Crippen LogP contribution in [0.4, 0.5) is 0 Å². The Hall–Kier alpha value is -1.33. The average molecular weight is 331 g/mol. The van der Waals surface area contributed by atoms with Gasteiger partial charge in [0.1, 0.15) is 15.9 Å². The molecule has 0 saturated carbocycles. The summed E-state index contributed by atoms with van der Waals surface area (Å²) in [5.41, 5.74) is 0.691. The fraction of sp³-hybridized carbons (Fsp3) is 0.167. The molecule has 94 valence electrons. The third kappa shape index (κ3) is 2.28. The van der Waals surface area contributed by atoms with E-state index >= 15 is 0 Å². The van der Waals surface area contributed by atoms with Gasteiger partial charge in [0.2, 0.25) is 0 Å². The molecule has 0 aliphatic heterocycles. The van der Waals surface area contributed by atoms with E-state index in [-0.39, 0.29) is 22.9 Å². The number of rotatable bonds is 2. The third-order valence-electron chi connectivity index (χ3n) is 2.34. The summed E-state index contributed by atoms with van der Waals surface area (Å²) < 4.78 is 5.21. The van der Waals surface area contributed by atoms with Crippen LogP contribution in [0.5, 0.6) is 5.75 Å². The molecule has 1 aromatic carbocycles. The van der Waals surface area contributed by atoms with E-state index in [1.54, 1.807) is 13.0 Å². The molecule has 0 unspecified atom stereocenters. The number of hydrogen-bond donors (Lipinski definition) is 1. The number of halogens is 2. The Balaban J connectivity index is 2.69. The second-order valence-electron chi connectivity index (χ2n) is 3.51. The van der Waals surface area contributed by atoms with E-state index in [4.69, 9.17) is 16.3 Å². The molecule has 2 aromatic rings. The minimum atomic E-state index is -0.531. The predicted molar refractivity (Wildman–Crippen MR) is 72.1 cm³/mol. The molecule has 0 fully saturated rings. The summed E-state index contributed by atoms with van der Waals surface area (Å²) in [5.74, 6) is -0.446. The van der Waals surface area contributed by atoms with E-state index in [1.165, 1.54) is 12.1 Å². The zero-order valence-corrected chi connectivity index (χ0v) is 11.7. The standard InChI is InChI=1S/C12H9BrClNO3/c1-2-18-12(17)9-10(14)7-4-3-6(16)5-8(7)15-11(9)13/h3-5,16H,2H2,1H3. The van der Waals surface area contributed by atoms with Crippen molar-refractivity contribution in [3.8, 4) is 5.75 Å². The molecular weight excluding hydrogens is 321 g/mol. The highest BCUT2D eigenvalue weighted by Crippen LogP contribution is 2.32. The molecule has 0 radical (unpaired) electrons. The Morgan fingerprint density at radius 1 is 1.56 bits per heavy atom. The highest BCUT2D eigenvalue weighted by molar-refractivity contribution is 9.10. The number of pyridine rings is 1. The van der Waals surface area contributed by atoms with Gasteiger partial charge in [-0.15, -0.1) is 0 Å². The summed E-state index contributed by atoms with van der Waals surface area (Å²) >= 11 is 9.36. The predicted octanol–water partition coefficient (Wildman–Crippen LogP) is 3.53. The maximum atomic E-state index is 11.8. The van der Waals surface area contributed by atoms with Gasteiger partial charge in [0, 0.05) is 11.5 Å². The Morgan fingerprint density at radius 3 is 2.94 bits per heavy atom. The monoisotopic (exact) mass is 329 g/mol. The molecule has 0 amide bonds. The van der Waals surface area contributed by atoms with Crippen LogP contribution < -0.4 is 0 Å². The van der Waals surface area contributed by atoms with Gasteiger partial charge >= 0.3 is 5.97 Å². The second kappa shape index (κ2) is 5.12. The Kier molecular flexibility index (Phi) is 3.73. The molecule has 1 aromatic heterocycles. The fourth-order valence-electron chi connectivity index (χ4n) is 1.56. The molecule has 0 aliphatic rings. The maximum absolute atomic E-state index is 11.8. The van der Waals surface area contributed by atoms with Crippen LogP contribution in [0.15, 0.2) is 22.8 Å². The summed E-state index contributed by atoms with van der Waals surface area (Å²) in [5, 5.41) is 10.2. The van der Waals surface area contributed by atoms with Crippen LogP contribution >= 0.6 is 27.5 Å². The zero-order valence-electron chi connectivity index (χ0n) is 9.41. The number of esters is 1. The number of aromatic hydroxyl groups is 1. The van der Waals surface area contributed by atoms with Gasteiger partial charge in [-0.25, -0.2) is 9.78 Å². The number of aromatic nitrogens is 1. The van der Waals surface area contributed by atoms with Crippen LogP contribution in [0, 0.1) is 0 Å². The van der Waals surface area contributed by atoms with Crippen LogP contribution in [0.1, 0.15) is 17.3 Å². The zero-order chi connectivity index (χ0) is 13.3. The number of phenols is 1. The second-order valence-corrected chi connectivity index (χ2v) is 4.64. The van der Waals surface area contributed by atoms with Crippen molar-refractivity contribution in [3.63, 3.8) is 0 Å². The lowest BCUT2D eigenvalue weighted by atomic mass is 10.1. The lowest BCUT2D eigenvalue weighted by Crippen LogP contribution is -2.07. The van der Waals surface area contributed by atoms with Crippen molar-refractivity contribution in [2.24, 2.45) is 0 Å². The smallest absolute Gasteiger partial charge is 0.342 e. The van der Waals surface area contributed by atoms with Crippen LogP contribution in [-0.4, -0.2) is 22.7 Å². The van der Waals surface area contributed by atoms with Gasteiger partial charge in [0.15, 0.2) is 0 Å². The minimum Gasteiger partial charge on any atom is -0.508 e. The van der Waals surface area contributed by atoms with Gasteiger partial charge in [0.25, 0.3) is 0 Å². The Labute approximate surface area is 117 Å². The molecule has 2 rings (SSSR count). The lowest BCUT2D eigenvalue weighted by Gasteiger charge is -2.09. The number of carbonyl (C=O) groups excluding carboxylic acids is 1. The summed E-state index contributed by atoms with van der Waals surface area (Å²) in [6.45, 7) is 1.97. The number of benzene rings is 1. The molecule has 0 spiro atoms. The van der Waals surface area contributed by atoms with Crippen molar-refractivity contribution in [3.05, 3.63) is 33.4 Å². The van der Waals surface area contributed by atoms with E-state index in [0.717, 1.165) is 0 Å². The molecule has 0 saturated heterocycles. The van der Waals surface area contributed by atoms with Crippen LogP contribution in [-0.2, 0) is 4.74 Å². The molecular formula is C12H9BrClNO3. The van der Waals surface area contributed by atoms with Crippen molar-refractivity contribution in [1.82, 2.24) is 4.98 Å². The van der Waals surface area contributed by atoms with Crippen molar-refractivity contribution in [1.29, 1.82) is 0 Å². The fourth-order valence-corrected chi connectivity index (χ4v) is 2.55. The Bertz CT molecular complexity index is 630. The van der Waals surface area contributed by atoms with Crippen molar-refractivity contribution >= 4 is 44.4 Å². The van der Waals surface area contributed by atoms with E-state index in [2.05, 4.69) is 20.9 Å². The van der Waals surface area contributed by atoms with Gasteiger partial charge in [-0.05, 0) is 35.0 Å². The average Bonchev–Trinajstić information content (AvgIpc) is 2.28. The topological polar surface area (TPSA) is 59.4 Å². The third-order valence-corrected chi connectivity index (χ3v) is 3.31. The van der Waals surface area contributed by atoms with Gasteiger partial charge < -0.3 is 9.84 Å². The summed E-state index contributed by atoms with van der Waals surface area (Å²) in [6, 6.07) is 4.56. The van der Waals surface area contributed by atoms with Crippen LogP contribution in [0.25, 0.3) is 10.9 Å². The SMILES string of the molecule is CCOC(=O)c1c(Br)nc2cc(O)ccc2c1Cl. The highest BCUT2D eigenvalue weighted by atomic mass is 79.9.